The Morgan fingerprint density at radius 1 is 0.978 bits per heavy atom. The summed E-state index contributed by atoms with van der Waals surface area (Å²) in [5, 5.41) is 7.13. The fourth-order valence-corrected chi connectivity index (χ4v) is 5.90. The molecule has 6 rings (SSSR count). The van der Waals surface area contributed by atoms with Gasteiger partial charge in [-0.15, -0.1) is 11.3 Å². The van der Waals surface area contributed by atoms with Gasteiger partial charge in [0.15, 0.2) is 0 Å². The van der Waals surface area contributed by atoms with Gasteiger partial charge in [-0.1, -0.05) is 29.8 Å². The first kappa shape index (κ1) is 31.2. The van der Waals surface area contributed by atoms with Gasteiger partial charge in [-0.2, -0.15) is 8.42 Å². The summed E-state index contributed by atoms with van der Waals surface area (Å²) in [6.45, 7) is 0.380. The van der Waals surface area contributed by atoms with Gasteiger partial charge in [-0.3, -0.25) is 9.97 Å². The van der Waals surface area contributed by atoms with E-state index in [-0.39, 0.29) is 30.5 Å². The third-order valence-electron chi connectivity index (χ3n) is 6.66. The van der Waals surface area contributed by atoms with E-state index >= 15 is 0 Å². The van der Waals surface area contributed by atoms with Crippen molar-refractivity contribution in [3.63, 3.8) is 0 Å². The summed E-state index contributed by atoms with van der Waals surface area (Å²) in [5.74, 6) is 0.691. The number of nitrogens with one attached hydrogen (secondary N) is 1. The molecule has 0 saturated heterocycles. The van der Waals surface area contributed by atoms with Crippen molar-refractivity contribution < 1.29 is 22.3 Å². The van der Waals surface area contributed by atoms with E-state index in [2.05, 4.69) is 25.3 Å². The van der Waals surface area contributed by atoms with E-state index in [9.17, 15) is 12.8 Å². The SMILES string of the molecule is O=S(=O)=C(COCCc1nc(-c2cc3c(Nc4ccc(OCc5cccc(F)c5)c(Cl)c4)ncnc3cn2)cs1)c1ccccn1. The predicted octanol–water partition coefficient (Wildman–Crippen LogP) is 6.32. The molecule has 4 heterocycles. The summed E-state index contributed by atoms with van der Waals surface area (Å²) in [4.78, 5) is 22.2. The minimum Gasteiger partial charge on any atom is -0.487 e. The third-order valence-corrected chi connectivity index (χ3v) is 8.59. The van der Waals surface area contributed by atoms with Crippen LogP contribution in [-0.4, -0.2) is 51.4 Å². The molecule has 46 heavy (non-hydrogen) atoms. The Morgan fingerprint density at radius 3 is 2.70 bits per heavy atom. The Kier molecular flexibility index (Phi) is 9.84. The summed E-state index contributed by atoms with van der Waals surface area (Å²) in [6, 6.07) is 18.4. The maximum atomic E-state index is 13.5. The average molecular weight is 675 g/mol. The minimum absolute atomic E-state index is 0.0801. The van der Waals surface area contributed by atoms with E-state index in [4.69, 9.17) is 26.1 Å². The smallest absolute Gasteiger partial charge is 0.221 e. The lowest BCUT2D eigenvalue weighted by atomic mass is 10.2. The minimum atomic E-state index is -2.44. The molecule has 0 bridgehead atoms. The molecule has 1 N–H and O–H groups in total. The first-order chi connectivity index (χ1) is 22.4. The van der Waals surface area contributed by atoms with Crippen molar-refractivity contribution in [2.45, 2.75) is 13.0 Å². The number of pyridine rings is 2. The van der Waals surface area contributed by atoms with E-state index in [0.717, 1.165) is 10.4 Å². The van der Waals surface area contributed by atoms with Gasteiger partial charge < -0.3 is 14.8 Å². The van der Waals surface area contributed by atoms with Crippen LogP contribution in [0.4, 0.5) is 15.9 Å². The zero-order valence-electron chi connectivity index (χ0n) is 23.9. The van der Waals surface area contributed by atoms with Crippen LogP contribution < -0.4 is 10.1 Å². The van der Waals surface area contributed by atoms with Gasteiger partial charge in [0, 0.05) is 29.1 Å². The van der Waals surface area contributed by atoms with Crippen LogP contribution in [0.15, 0.2) is 90.8 Å². The topological polar surface area (TPSA) is 129 Å². The van der Waals surface area contributed by atoms with E-state index in [1.165, 1.54) is 36.0 Å². The van der Waals surface area contributed by atoms with Crippen molar-refractivity contribution in [2.24, 2.45) is 0 Å². The Morgan fingerprint density at radius 2 is 1.89 bits per heavy atom. The first-order valence-corrected chi connectivity index (χ1v) is 16.2. The largest absolute Gasteiger partial charge is 0.487 e. The highest BCUT2D eigenvalue weighted by atomic mass is 35.5. The summed E-state index contributed by atoms with van der Waals surface area (Å²) < 4.78 is 48.2. The number of benzene rings is 2. The molecule has 14 heteroatoms. The normalized spacial score (nSPS) is 11.0. The second-order valence-corrected chi connectivity index (χ2v) is 12.1. The summed E-state index contributed by atoms with van der Waals surface area (Å²) >= 11 is 7.95. The molecule has 0 unspecified atom stereocenters. The number of thiazole rings is 1. The maximum absolute atomic E-state index is 13.5. The second-order valence-electron chi connectivity index (χ2n) is 9.80. The quantitative estimate of drug-likeness (QED) is 0.0895. The molecule has 4 aromatic heterocycles. The van der Waals surface area contributed by atoms with Crippen molar-refractivity contribution in [2.75, 3.05) is 18.5 Å². The molecular weight excluding hydrogens is 651 g/mol. The van der Waals surface area contributed by atoms with Gasteiger partial charge in [0.05, 0.1) is 52.0 Å². The molecule has 2 aromatic carbocycles. The van der Waals surface area contributed by atoms with Gasteiger partial charge >= 0.3 is 0 Å². The van der Waals surface area contributed by atoms with E-state index in [0.29, 0.717) is 56.9 Å². The standard InChI is InChI=1S/C32H24ClFN6O4S2/c33-24-13-22(7-8-29(24)44-16-20-4-3-5-21(34)12-20)39-32-23-14-26(36-15-27(23)37-19-38-32)28-18-45-31(40-28)9-11-43-17-30(46(41)42)25-6-1-2-10-35-25/h1-8,10,12-15,18-19H,9,11,16-17H2,(H,37,38,39). The number of nitrogens with zero attached hydrogens (tertiary/aromatic N) is 5. The van der Waals surface area contributed by atoms with E-state index < -0.39 is 10.3 Å². The van der Waals surface area contributed by atoms with Gasteiger partial charge in [-0.25, -0.2) is 19.3 Å². The van der Waals surface area contributed by atoms with E-state index in [1.807, 2.05) is 17.5 Å². The molecule has 0 saturated carbocycles. The van der Waals surface area contributed by atoms with Crippen molar-refractivity contribution in [3.8, 4) is 17.1 Å². The van der Waals surface area contributed by atoms with Crippen LogP contribution in [0.1, 0.15) is 16.3 Å². The van der Waals surface area contributed by atoms with Crippen LogP contribution in [-0.2, 0) is 28.1 Å². The Labute approximate surface area is 273 Å². The maximum Gasteiger partial charge on any atom is 0.221 e. The van der Waals surface area contributed by atoms with Crippen LogP contribution in [0.3, 0.4) is 0 Å². The predicted molar refractivity (Wildman–Crippen MR) is 176 cm³/mol. The molecule has 0 aliphatic rings. The first-order valence-electron chi connectivity index (χ1n) is 13.9. The van der Waals surface area contributed by atoms with Crippen molar-refractivity contribution in [1.29, 1.82) is 0 Å². The highest BCUT2D eigenvalue weighted by molar-refractivity contribution is 7.73. The zero-order valence-corrected chi connectivity index (χ0v) is 26.3. The van der Waals surface area contributed by atoms with Crippen LogP contribution in [0.2, 0.25) is 5.02 Å². The number of anilines is 2. The Balaban J connectivity index is 1.11. The van der Waals surface area contributed by atoms with Crippen molar-refractivity contribution in [3.05, 3.63) is 118 Å². The molecule has 0 amide bonds. The molecule has 0 spiro atoms. The van der Waals surface area contributed by atoms with Crippen LogP contribution >= 0.6 is 22.9 Å². The number of aromatic nitrogens is 5. The monoisotopic (exact) mass is 674 g/mol. The summed E-state index contributed by atoms with van der Waals surface area (Å²) in [6.07, 6.45) is 5.14. The zero-order chi connectivity index (χ0) is 31.9. The summed E-state index contributed by atoms with van der Waals surface area (Å²) in [5.41, 5.74) is 3.70. The number of fused-ring (bicyclic) bond motifs is 1. The number of hydrogen-bond acceptors (Lipinski definition) is 11. The van der Waals surface area contributed by atoms with Gasteiger partial charge in [-0.05, 0) is 54.1 Å². The molecule has 0 atom stereocenters. The van der Waals surface area contributed by atoms with E-state index in [1.54, 1.807) is 48.7 Å². The molecule has 0 radical (unpaired) electrons. The lowest BCUT2D eigenvalue weighted by molar-refractivity contribution is 0.176. The number of ether oxygens (including phenoxy) is 2. The van der Waals surface area contributed by atoms with Gasteiger partial charge in [0.1, 0.15) is 35.2 Å². The summed E-state index contributed by atoms with van der Waals surface area (Å²) in [7, 11) is -2.44. The fraction of sp³-hybridized carbons (Fsp3) is 0.125. The highest BCUT2D eigenvalue weighted by Crippen LogP contribution is 2.32. The van der Waals surface area contributed by atoms with Gasteiger partial charge in [0.2, 0.25) is 10.3 Å². The van der Waals surface area contributed by atoms with Crippen LogP contribution in [0.5, 0.6) is 5.75 Å². The molecule has 6 aromatic rings. The van der Waals surface area contributed by atoms with Crippen molar-refractivity contribution >= 4 is 60.5 Å². The average Bonchev–Trinajstić information content (AvgIpc) is 3.54. The molecule has 0 aliphatic carbocycles. The molecule has 0 aliphatic heterocycles. The van der Waals surface area contributed by atoms with Crippen molar-refractivity contribution in [1.82, 2.24) is 24.9 Å². The Hall–Kier alpha value is -4.82. The molecule has 10 nitrogen and oxygen atoms in total. The fourth-order valence-electron chi connectivity index (χ4n) is 4.42. The Bertz CT molecular complexity index is 2140. The second kappa shape index (κ2) is 14.5. The third kappa shape index (κ3) is 7.69. The van der Waals surface area contributed by atoms with Crippen LogP contribution in [0.25, 0.3) is 22.3 Å². The lowest BCUT2D eigenvalue weighted by Gasteiger charge is -2.12. The molecule has 0 fully saturated rings. The van der Waals surface area contributed by atoms with Crippen LogP contribution in [0, 0.1) is 5.82 Å². The molecule has 232 valence electrons. The number of halogens is 2. The van der Waals surface area contributed by atoms with Gasteiger partial charge in [0.25, 0.3) is 0 Å². The number of hydrogen-bond donors (Lipinski definition) is 1. The highest BCUT2D eigenvalue weighted by Gasteiger charge is 2.13. The lowest BCUT2D eigenvalue weighted by Crippen LogP contribution is -2.14. The molecular formula is C32H24ClFN6O4S2. The number of rotatable bonds is 12.